The Labute approximate surface area is 196 Å². The fourth-order valence-electron chi connectivity index (χ4n) is 3.69. The number of H-pyrrole nitrogens is 1. The third-order valence-corrected chi connectivity index (χ3v) is 5.40. The van der Waals surface area contributed by atoms with Crippen molar-refractivity contribution in [3.05, 3.63) is 48.2 Å². The average molecular weight is 471 g/mol. The van der Waals surface area contributed by atoms with Crippen LogP contribution in [0.3, 0.4) is 0 Å². The number of aliphatic hydroxyl groups is 1. The van der Waals surface area contributed by atoms with E-state index < -0.39 is 11.7 Å². The Bertz CT molecular complexity index is 1140. The van der Waals surface area contributed by atoms with Crippen LogP contribution in [0.25, 0.3) is 22.6 Å². The van der Waals surface area contributed by atoms with Crippen molar-refractivity contribution in [1.82, 2.24) is 24.8 Å². The number of nitrogens with one attached hydrogen (secondary N) is 2. The van der Waals surface area contributed by atoms with Gasteiger partial charge in [-0.25, -0.2) is 19.3 Å². The second-order valence-corrected chi connectivity index (χ2v) is 8.48. The Kier molecular flexibility index (Phi) is 6.87. The van der Waals surface area contributed by atoms with Gasteiger partial charge in [0.15, 0.2) is 5.82 Å². The van der Waals surface area contributed by atoms with Gasteiger partial charge in [-0.15, -0.1) is 0 Å². The van der Waals surface area contributed by atoms with Gasteiger partial charge in [0.25, 0.3) is 0 Å². The molecule has 1 fully saturated rings. The Balaban J connectivity index is 1.67. The third-order valence-electron chi connectivity index (χ3n) is 5.40. The molecule has 0 saturated carbocycles. The smallest absolute Gasteiger partial charge is 0.232 e. The second-order valence-electron chi connectivity index (χ2n) is 8.48. The number of hydrogen-bond acceptors (Lipinski definition) is 8. The number of aromatic amines is 1. The Hall–Kier alpha value is -3.41. The van der Waals surface area contributed by atoms with E-state index in [9.17, 15) is 9.18 Å². The predicted octanol–water partition coefficient (Wildman–Crippen LogP) is 2.22. The minimum atomic E-state index is -0.815. The first kappa shape index (κ1) is 23.7. The Morgan fingerprint density at radius 2 is 1.94 bits per heavy atom. The number of benzene rings is 1. The summed E-state index contributed by atoms with van der Waals surface area (Å²) in [6.07, 6.45) is 0.771. The van der Waals surface area contributed by atoms with Crippen LogP contribution in [-0.4, -0.2) is 76.3 Å². The lowest BCUT2D eigenvalue weighted by molar-refractivity contribution is -0.233. The van der Waals surface area contributed by atoms with Gasteiger partial charge in [0.1, 0.15) is 5.82 Å². The molecule has 0 bridgehead atoms. The van der Waals surface area contributed by atoms with Gasteiger partial charge in [-0.3, -0.25) is 4.79 Å². The zero-order chi connectivity index (χ0) is 24.3. The summed E-state index contributed by atoms with van der Waals surface area (Å²) < 4.78 is 25.3. The van der Waals surface area contributed by atoms with E-state index in [0.717, 1.165) is 0 Å². The molecule has 0 unspecified atom stereocenters. The summed E-state index contributed by atoms with van der Waals surface area (Å²) >= 11 is 0. The largest absolute Gasteiger partial charge is 0.395 e. The van der Waals surface area contributed by atoms with Crippen molar-refractivity contribution in [2.24, 2.45) is 5.41 Å². The van der Waals surface area contributed by atoms with Crippen molar-refractivity contribution in [2.45, 2.75) is 13.2 Å². The molecule has 1 amide bonds. The van der Waals surface area contributed by atoms with Crippen LogP contribution in [-0.2, 0) is 14.3 Å². The van der Waals surface area contributed by atoms with Crippen LogP contribution in [0.2, 0.25) is 0 Å². The van der Waals surface area contributed by atoms with E-state index in [1.54, 1.807) is 45.4 Å². The van der Waals surface area contributed by atoms with Gasteiger partial charge in [0.05, 0.1) is 42.3 Å². The average Bonchev–Trinajstić information content (AvgIpc) is 3.29. The van der Waals surface area contributed by atoms with Crippen molar-refractivity contribution in [2.75, 3.05) is 45.8 Å². The van der Waals surface area contributed by atoms with Crippen LogP contribution < -0.4 is 5.32 Å². The molecule has 2 aromatic heterocycles. The first-order chi connectivity index (χ1) is 16.3. The number of carbonyl (C=O) groups is 1. The maximum absolute atomic E-state index is 13.5. The van der Waals surface area contributed by atoms with Gasteiger partial charge >= 0.3 is 0 Å². The zero-order valence-corrected chi connectivity index (χ0v) is 19.2. The van der Waals surface area contributed by atoms with Gasteiger partial charge in [0, 0.05) is 32.4 Å². The summed E-state index contributed by atoms with van der Waals surface area (Å²) in [5, 5.41) is 12.0. The molecule has 0 atom stereocenters. The highest BCUT2D eigenvalue weighted by Crippen LogP contribution is 2.36. The van der Waals surface area contributed by atoms with Gasteiger partial charge in [-0.1, -0.05) is 0 Å². The third kappa shape index (κ3) is 4.91. The summed E-state index contributed by atoms with van der Waals surface area (Å²) in [7, 11) is 3.39. The molecule has 3 aromatic rings. The maximum Gasteiger partial charge on any atom is 0.232 e. The zero-order valence-electron chi connectivity index (χ0n) is 19.2. The molecule has 0 spiro atoms. The molecule has 1 aromatic carbocycles. The quantitative estimate of drug-likeness (QED) is 0.480. The van der Waals surface area contributed by atoms with E-state index in [4.69, 9.17) is 14.6 Å². The number of nitrogens with zero attached hydrogens (tertiary/aromatic N) is 4. The Morgan fingerprint density at radius 3 is 2.59 bits per heavy atom. The molecule has 0 aliphatic carbocycles. The van der Waals surface area contributed by atoms with E-state index in [1.807, 2.05) is 0 Å². The number of rotatable bonds is 7. The van der Waals surface area contributed by atoms with E-state index in [0.29, 0.717) is 41.0 Å². The van der Waals surface area contributed by atoms with E-state index in [-0.39, 0.29) is 31.5 Å². The SMILES string of the molecule is CN(C)C(=O)C1(C)COC(c2nc(-c3ccc(F)cc3)c(-c3ccnc(NCCO)n3)[nH]2)OC1. The number of hydrogen-bond donors (Lipinski definition) is 3. The first-order valence-electron chi connectivity index (χ1n) is 10.8. The van der Waals surface area contributed by atoms with Gasteiger partial charge < -0.3 is 29.8 Å². The number of anilines is 1. The lowest BCUT2D eigenvalue weighted by Gasteiger charge is -2.36. The van der Waals surface area contributed by atoms with Crippen LogP contribution in [0.4, 0.5) is 10.3 Å². The van der Waals surface area contributed by atoms with Crippen molar-refractivity contribution < 1.29 is 23.8 Å². The number of halogens is 1. The highest BCUT2D eigenvalue weighted by molar-refractivity contribution is 5.82. The number of amides is 1. The van der Waals surface area contributed by atoms with Crippen molar-refractivity contribution in [1.29, 1.82) is 0 Å². The summed E-state index contributed by atoms with van der Waals surface area (Å²) in [6, 6.07) is 7.67. The predicted molar refractivity (Wildman–Crippen MR) is 122 cm³/mol. The first-order valence-corrected chi connectivity index (χ1v) is 10.8. The highest BCUT2D eigenvalue weighted by Gasteiger charge is 2.41. The number of carbonyl (C=O) groups excluding carboxylic acids is 1. The lowest BCUT2D eigenvalue weighted by Crippen LogP contribution is -2.48. The van der Waals surface area contributed by atoms with E-state index in [1.165, 1.54) is 17.0 Å². The number of aromatic nitrogens is 4. The van der Waals surface area contributed by atoms with Crippen LogP contribution in [0.5, 0.6) is 0 Å². The molecule has 3 N–H and O–H groups in total. The molecular weight excluding hydrogens is 443 g/mol. The topological polar surface area (TPSA) is 125 Å². The molecule has 34 heavy (non-hydrogen) atoms. The normalized spacial score (nSPS) is 20.2. The molecule has 1 saturated heterocycles. The highest BCUT2D eigenvalue weighted by atomic mass is 19.1. The minimum absolute atomic E-state index is 0.0613. The molecule has 10 nitrogen and oxygen atoms in total. The molecule has 11 heteroatoms. The molecular formula is C23H27FN6O4. The fourth-order valence-corrected chi connectivity index (χ4v) is 3.69. The number of imidazole rings is 1. The summed E-state index contributed by atoms with van der Waals surface area (Å²) in [4.78, 5) is 30.6. The molecule has 0 radical (unpaired) electrons. The monoisotopic (exact) mass is 470 g/mol. The van der Waals surface area contributed by atoms with Crippen LogP contribution in [0.1, 0.15) is 19.0 Å². The van der Waals surface area contributed by atoms with Gasteiger partial charge in [-0.05, 0) is 37.3 Å². The van der Waals surface area contributed by atoms with Crippen LogP contribution >= 0.6 is 0 Å². The summed E-state index contributed by atoms with van der Waals surface area (Å²) in [5.41, 5.74) is 1.52. The van der Waals surface area contributed by atoms with E-state index >= 15 is 0 Å². The number of aliphatic hydroxyl groups excluding tert-OH is 1. The maximum atomic E-state index is 13.5. The van der Waals surface area contributed by atoms with Crippen LogP contribution in [0, 0.1) is 11.2 Å². The molecule has 1 aliphatic rings. The van der Waals surface area contributed by atoms with Crippen molar-refractivity contribution in [3.8, 4) is 22.6 Å². The summed E-state index contributed by atoms with van der Waals surface area (Å²) in [6.45, 7) is 2.37. The fraction of sp³-hybridized carbons (Fsp3) is 0.391. The molecule has 180 valence electrons. The van der Waals surface area contributed by atoms with Crippen molar-refractivity contribution >= 4 is 11.9 Å². The second kappa shape index (κ2) is 9.84. The van der Waals surface area contributed by atoms with Gasteiger partial charge in [-0.2, -0.15) is 0 Å². The standard InChI is InChI=1S/C23H27FN6O4/c1-23(21(32)30(2)3)12-33-20(34-13-23)19-28-17(14-4-6-15(24)7-5-14)18(29-19)16-8-9-25-22(27-16)26-10-11-31/h4-9,20,31H,10-13H2,1-3H3,(H,28,29)(H,25,26,27). The van der Waals surface area contributed by atoms with Gasteiger partial charge in [0.2, 0.25) is 18.1 Å². The van der Waals surface area contributed by atoms with E-state index in [2.05, 4.69) is 25.3 Å². The van der Waals surface area contributed by atoms with Crippen LogP contribution in [0.15, 0.2) is 36.5 Å². The number of ether oxygens (including phenoxy) is 2. The molecule has 4 rings (SSSR count). The summed E-state index contributed by atoms with van der Waals surface area (Å²) in [5.74, 6) is 0.303. The minimum Gasteiger partial charge on any atom is -0.395 e. The van der Waals surface area contributed by atoms with Crippen molar-refractivity contribution in [3.63, 3.8) is 0 Å². The molecule has 1 aliphatic heterocycles. The molecule has 3 heterocycles. The lowest BCUT2D eigenvalue weighted by atomic mass is 9.90. The Morgan fingerprint density at radius 1 is 1.24 bits per heavy atom.